The second-order valence-electron chi connectivity index (χ2n) is 6.44. The molecule has 0 saturated heterocycles. The lowest BCUT2D eigenvalue weighted by molar-refractivity contribution is 0.131. The van der Waals surface area contributed by atoms with E-state index in [4.69, 9.17) is 10.8 Å². The zero-order valence-electron chi connectivity index (χ0n) is 11.9. The van der Waals surface area contributed by atoms with Crippen molar-refractivity contribution in [2.45, 2.75) is 59.0 Å². The van der Waals surface area contributed by atoms with Gasteiger partial charge in [-0.05, 0) is 45.7 Å². The smallest absolute Gasteiger partial charge is 0.0608 e. The lowest BCUT2D eigenvalue weighted by Gasteiger charge is -2.36. The van der Waals surface area contributed by atoms with E-state index >= 15 is 0 Å². The first-order valence-corrected chi connectivity index (χ1v) is 6.20. The average Bonchev–Trinajstić information content (AvgIpc) is 2.14. The van der Waals surface area contributed by atoms with Gasteiger partial charge in [-0.3, -0.25) is 0 Å². The van der Waals surface area contributed by atoms with Crippen LogP contribution in [-0.4, -0.2) is 41.8 Å². The van der Waals surface area contributed by atoms with Crippen LogP contribution in [0.5, 0.6) is 0 Å². The van der Waals surface area contributed by atoms with Gasteiger partial charge in [0.15, 0.2) is 0 Å². The molecule has 0 bridgehead atoms. The summed E-state index contributed by atoms with van der Waals surface area (Å²) < 4.78 is 0. The molecular weight excluding hydrogens is 200 g/mol. The Bertz CT molecular complexity index is 197. The Morgan fingerprint density at radius 3 is 2.12 bits per heavy atom. The Morgan fingerprint density at radius 1 is 1.25 bits per heavy atom. The van der Waals surface area contributed by atoms with Gasteiger partial charge in [0.1, 0.15) is 0 Å². The van der Waals surface area contributed by atoms with Crippen LogP contribution < -0.4 is 5.73 Å². The number of aliphatic hydroxyl groups is 1. The molecule has 0 fully saturated rings. The molecule has 98 valence electrons. The molecule has 0 aromatic heterocycles. The maximum absolute atomic E-state index is 9.06. The van der Waals surface area contributed by atoms with Crippen LogP contribution in [0.2, 0.25) is 0 Å². The Balaban J connectivity index is 3.95. The van der Waals surface area contributed by atoms with E-state index in [0.717, 1.165) is 19.4 Å². The minimum absolute atomic E-state index is 0.0611. The predicted octanol–water partition coefficient (Wildman–Crippen LogP) is 1.84. The SMILES string of the molecule is CC(N(C)CCCC(C)(N)CO)C(C)(C)C. The topological polar surface area (TPSA) is 49.5 Å². The molecular formula is C13H30N2O. The molecule has 0 aliphatic rings. The van der Waals surface area contributed by atoms with E-state index in [0.29, 0.717) is 11.5 Å². The van der Waals surface area contributed by atoms with E-state index in [2.05, 4.69) is 39.6 Å². The third kappa shape index (κ3) is 5.83. The zero-order chi connectivity index (χ0) is 13.0. The number of nitrogens with two attached hydrogens (primary N) is 1. The van der Waals surface area contributed by atoms with E-state index in [-0.39, 0.29) is 6.61 Å². The van der Waals surface area contributed by atoms with Crippen molar-refractivity contribution in [2.24, 2.45) is 11.1 Å². The molecule has 0 radical (unpaired) electrons. The van der Waals surface area contributed by atoms with Gasteiger partial charge in [0.05, 0.1) is 6.61 Å². The van der Waals surface area contributed by atoms with Crippen LogP contribution in [0.1, 0.15) is 47.5 Å². The van der Waals surface area contributed by atoms with E-state index in [1.165, 1.54) is 0 Å². The molecule has 3 heteroatoms. The Labute approximate surface area is 101 Å². The van der Waals surface area contributed by atoms with Gasteiger partial charge in [0, 0.05) is 11.6 Å². The second-order valence-corrected chi connectivity index (χ2v) is 6.44. The van der Waals surface area contributed by atoms with Crippen LogP contribution in [-0.2, 0) is 0 Å². The maximum Gasteiger partial charge on any atom is 0.0608 e. The van der Waals surface area contributed by atoms with Crippen molar-refractivity contribution in [3.05, 3.63) is 0 Å². The first-order chi connectivity index (χ1) is 7.10. The molecule has 3 N–H and O–H groups in total. The van der Waals surface area contributed by atoms with Crippen molar-refractivity contribution in [2.75, 3.05) is 20.2 Å². The van der Waals surface area contributed by atoms with Crippen LogP contribution in [0, 0.1) is 5.41 Å². The summed E-state index contributed by atoms with van der Waals surface area (Å²) in [6.45, 7) is 12.0. The number of hydrogen-bond donors (Lipinski definition) is 2. The molecule has 0 aliphatic carbocycles. The van der Waals surface area contributed by atoms with E-state index < -0.39 is 5.54 Å². The number of rotatable bonds is 6. The highest BCUT2D eigenvalue weighted by molar-refractivity contribution is 4.80. The van der Waals surface area contributed by atoms with Crippen molar-refractivity contribution in [1.29, 1.82) is 0 Å². The molecule has 3 nitrogen and oxygen atoms in total. The van der Waals surface area contributed by atoms with Gasteiger partial charge < -0.3 is 15.7 Å². The highest BCUT2D eigenvalue weighted by atomic mass is 16.3. The largest absolute Gasteiger partial charge is 0.394 e. The van der Waals surface area contributed by atoms with E-state index in [1.807, 2.05) is 6.92 Å². The molecule has 2 atom stereocenters. The summed E-state index contributed by atoms with van der Waals surface area (Å²) in [5.74, 6) is 0. The summed E-state index contributed by atoms with van der Waals surface area (Å²) in [5, 5.41) is 9.06. The molecule has 0 spiro atoms. The van der Waals surface area contributed by atoms with Gasteiger partial charge in [-0.1, -0.05) is 20.8 Å². The fraction of sp³-hybridized carbons (Fsp3) is 1.00. The van der Waals surface area contributed by atoms with Gasteiger partial charge in [0.2, 0.25) is 0 Å². The lowest BCUT2D eigenvalue weighted by Crippen LogP contribution is -2.43. The number of hydrogen-bond acceptors (Lipinski definition) is 3. The van der Waals surface area contributed by atoms with Gasteiger partial charge in [0.25, 0.3) is 0 Å². The normalized spacial score (nSPS) is 18.6. The summed E-state index contributed by atoms with van der Waals surface area (Å²) in [7, 11) is 2.16. The Kier molecular flexibility index (Phi) is 5.94. The lowest BCUT2D eigenvalue weighted by atomic mass is 9.87. The van der Waals surface area contributed by atoms with Crippen molar-refractivity contribution < 1.29 is 5.11 Å². The predicted molar refractivity (Wildman–Crippen MR) is 70.5 cm³/mol. The minimum Gasteiger partial charge on any atom is -0.394 e. The molecule has 0 saturated carbocycles. The molecule has 0 heterocycles. The average molecular weight is 230 g/mol. The molecule has 0 aromatic rings. The van der Waals surface area contributed by atoms with Crippen LogP contribution in [0.25, 0.3) is 0 Å². The zero-order valence-corrected chi connectivity index (χ0v) is 11.9. The highest BCUT2D eigenvalue weighted by Crippen LogP contribution is 2.23. The second kappa shape index (κ2) is 5.99. The molecule has 2 unspecified atom stereocenters. The van der Waals surface area contributed by atoms with E-state index in [1.54, 1.807) is 0 Å². The first kappa shape index (κ1) is 15.9. The molecule has 0 amide bonds. The van der Waals surface area contributed by atoms with Crippen molar-refractivity contribution in [1.82, 2.24) is 4.90 Å². The van der Waals surface area contributed by atoms with Crippen molar-refractivity contribution in [3.8, 4) is 0 Å². The summed E-state index contributed by atoms with van der Waals surface area (Å²) in [4.78, 5) is 2.37. The third-order valence-electron chi connectivity index (χ3n) is 3.53. The van der Waals surface area contributed by atoms with Gasteiger partial charge in [-0.25, -0.2) is 0 Å². The van der Waals surface area contributed by atoms with Crippen molar-refractivity contribution in [3.63, 3.8) is 0 Å². The molecule has 0 rings (SSSR count). The minimum atomic E-state index is -0.425. The maximum atomic E-state index is 9.06. The summed E-state index contributed by atoms with van der Waals surface area (Å²) in [5.41, 5.74) is 5.77. The highest BCUT2D eigenvalue weighted by Gasteiger charge is 2.24. The van der Waals surface area contributed by atoms with E-state index in [9.17, 15) is 0 Å². The van der Waals surface area contributed by atoms with Gasteiger partial charge >= 0.3 is 0 Å². The molecule has 0 aliphatic heterocycles. The standard InChI is InChI=1S/C13H30N2O/c1-11(12(2,3)4)15(6)9-7-8-13(5,14)10-16/h11,16H,7-10,14H2,1-6H3. The van der Waals surface area contributed by atoms with Crippen LogP contribution >= 0.6 is 0 Å². The molecule has 16 heavy (non-hydrogen) atoms. The Morgan fingerprint density at radius 2 is 1.75 bits per heavy atom. The van der Waals surface area contributed by atoms with Crippen LogP contribution in [0.15, 0.2) is 0 Å². The van der Waals surface area contributed by atoms with Gasteiger partial charge in [-0.15, -0.1) is 0 Å². The summed E-state index contributed by atoms with van der Waals surface area (Å²) >= 11 is 0. The van der Waals surface area contributed by atoms with Crippen LogP contribution in [0.3, 0.4) is 0 Å². The summed E-state index contributed by atoms with van der Waals surface area (Å²) in [6.07, 6.45) is 1.90. The first-order valence-electron chi connectivity index (χ1n) is 6.20. The number of aliphatic hydroxyl groups excluding tert-OH is 1. The number of nitrogens with zero attached hydrogens (tertiary/aromatic N) is 1. The van der Waals surface area contributed by atoms with Crippen molar-refractivity contribution >= 4 is 0 Å². The van der Waals surface area contributed by atoms with Crippen LogP contribution in [0.4, 0.5) is 0 Å². The molecule has 0 aromatic carbocycles. The monoisotopic (exact) mass is 230 g/mol. The van der Waals surface area contributed by atoms with Gasteiger partial charge in [-0.2, -0.15) is 0 Å². The fourth-order valence-electron chi connectivity index (χ4n) is 1.67. The quantitative estimate of drug-likeness (QED) is 0.732. The summed E-state index contributed by atoms with van der Waals surface area (Å²) in [6, 6.07) is 0.547. The Hall–Kier alpha value is -0.120. The fourth-order valence-corrected chi connectivity index (χ4v) is 1.67. The third-order valence-corrected chi connectivity index (χ3v) is 3.53.